The molecule has 0 atom stereocenters. The number of benzene rings is 2. The molecule has 2 aromatic rings. The van der Waals surface area contributed by atoms with E-state index >= 15 is 0 Å². The van der Waals surface area contributed by atoms with Crippen LogP contribution in [0.3, 0.4) is 0 Å². The van der Waals surface area contributed by atoms with Crippen LogP contribution >= 0.6 is 0 Å². The molecule has 6 nitrogen and oxygen atoms in total. The summed E-state index contributed by atoms with van der Waals surface area (Å²) >= 11 is 0. The summed E-state index contributed by atoms with van der Waals surface area (Å²) in [5.41, 5.74) is 2.58. The van der Waals surface area contributed by atoms with Crippen molar-refractivity contribution in [2.24, 2.45) is 5.10 Å². The first-order chi connectivity index (χ1) is 13.6. The topological polar surface area (TPSA) is 79.8 Å². The van der Waals surface area contributed by atoms with Crippen LogP contribution in [0, 0.1) is 6.92 Å². The molecule has 2 aromatic carbocycles. The summed E-state index contributed by atoms with van der Waals surface area (Å²) in [4.78, 5) is 23.8. The van der Waals surface area contributed by atoms with Crippen LogP contribution in [0.2, 0.25) is 0 Å². The van der Waals surface area contributed by atoms with E-state index in [0.29, 0.717) is 5.75 Å². The van der Waals surface area contributed by atoms with Gasteiger partial charge in [-0.3, -0.25) is 9.59 Å². The number of nitrogens with zero attached hydrogens (tertiary/aromatic N) is 1. The summed E-state index contributed by atoms with van der Waals surface area (Å²) in [6, 6.07) is 11.5. The van der Waals surface area contributed by atoms with Crippen molar-refractivity contribution in [1.29, 1.82) is 0 Å². The Kier molecular flexibility index (Phi) is 7.35. The Morgan fingerprint density at radius 1 is 1.07 bits per heavy atom. The van der Waals surface area contributed by atoms with Crippen LogP contribution in [-0.2, 0) is 15.8 Å². The molecule has 0 aliphatic rings. The summed E-state index contributed by atoms with van der Waals surface area (Å²) < 4.78 is 43.5. The van der Waals surface area contributed by atoms with Crippen molar-refractivity contribution in [2.45, 2.75) is 26.4 Å². The Morgan fingerprint density at radius 3 is 2.48 bits per heavy atom. The van der Waals surface area contributed by atoms with Gasteiger partial charge in [-0.25, -0.2) is 5.43 Å². The minimum Gasteiger partial charge on any atom is -0.483 e. The number of carbonyl (C=O) groups is 2. The quantitative estimate of drug-likeness (QED) is 0.539. The highest BCUT2D eigenvalue weighted by atomic mass is 19.4. The number of nitrogens with one attached hydrogen (secondary N) is 2. The lowest BCUT2D eigenvalue weighted by atomic mass is 10.2. The number of hydrazone groups is 1. The number of rotatable bonds is 7. The number of carbonyl (C=O) groups excluding carboxylic acids is 2. The van der Waals surface area contributed by atoms with Crippen LogP contribution in [0.5, 0.6) is 5.75 Å². The molecule has 0 radical (unpaired) electrons. The van der Waals surface area contributed by atoms with Crippen LogP contribution in [0.4, 0.5) is 18.9 Å². The zero-order valence-electron chi connectivity index (χ0n) is 15.8. The average molecular weight is 407 g/mol. The fraction of sp³-hybridized carbons (Fsp3) is 0.250. The molecule has 0 aliphatic heterocycles. The fourth-order valence-corrected chi connectivity index (χ4v) is 2.30. The van der Waals surface area contributed by atoms with Gasteiger partial charge in [0, 0.05) is 11.4 Å². The van der Waals surface area contributed by atoms with Gasteiger partial charge in [0.05, 0.1) is 12.0 Å². The van der Waals surface area contributed by atoms with Gasteiger partial charge in [0.2, 0.25) is 5.91 Å². The summed E-state index contributed by atoms with van der Waals surface area (Å²) in [5.74, 6) is -0.495. The summed E-state index contributed by atoms with van der Waals surface area (Å²) in [7, 11) is 0. The Bertz CT molecular complexity index is 911. The van der Waals surface area contributed by atoms with E-state index in [0.717, 1.165) is 17.7 Å². The molecular weight excluding hydrogens is 387 g/mol. The highest BCUT2D eigenvalue weighted by Gasteiger charge is 2.30. The Balaban J connectivity index is 1.82. The predicted octanol–water partition coefficient (Wildman–Crippen LogP) is 3.91. The van der Waals surface area contributed by atoms with Gasteiger partial charge in [0.15, 0.2) is 6.61 Å². The first-order valence-corrected chi connectivity index (χ1v) is 8.62. The number of amides is 2. The van der Waals surface area contributed by atoms with E-state index in [1.54, 1.807) is 12.1 Å². The predicted molar refractivity (Wildman–Crippen MR) is 103 cm³/mol. The molecule has 0 aliphatic carbocycles. The SMILES string of the molecule is C/C(CC(=O)Nc1cccc(C(F)(F)F)c1)=N\NC(=O)COc1ccccc1C. The first-order valence-electron chi connectivity index (χ1n) is 8.62. The molecule has 2 rings (SSSR count). The average Bonchev–Trinajstić information content (AvgIpc) is 2.65. The van der Waals surface area contributed by atoms with Gasteiger partial charge < -0.3 is 10.1 Å². The number of ether oxygens (including phenoxy) is 1. The standard InChI is InChI=1S/C20H20F3N3O3/c1-13-6-3-4-9-17(13)29-12-19(28)26-25-14(2)10-18(27)24-16-8-5-7-15(11-16)20(21,22)23/h3-9,11H,10,12H2,1-2H3,(H,24,27)(H,26,28)/b25-14+. The van der Waals surface area contributed by atoms with Gasteiger partial charge >= 0.3 is 6.18 Å². The van der Waals surface area contributed by atoms with Gasteiger partial charge in [-0.1, -0.05) is 24.3 Å². The zero-order chi connectivity index (χ0) is 21.4. The molecule has 2 N–H and O–H groups in total. The molecular formula is C20H20F3N3O3. The lowest BCUT2D eigenvalue weighted by molar-refractivity contribution is -0.137. The Labute approximate surface area is 165 Å². The van der Waals surface area contributed by atoms with E-state index in [2.05, 4.69) is 15.8 Å². The van der Waals surface area contributed by atoms with Gasteiger partial charge in [0.1, 0.15) is 5.75 Å². The third kappa shape index (κ3) is 7.28. The van der Waals surface area contributed by atoms with Crippen molar-refractivity contribution in [3.8, 4) is 5.75 Å². The van der Waals surface area contributed by atoms with E-state index in [4.69, 9.17) is 4.74 Å². The fourth-order valence-electron chi connectivity index (χ4n) is 2.30. The monoisotopic (exact) mass is 407 g/mol. The number of aryl methyl sites for hydroxylation is 1. The lowest BCUT2D eigenvalue weighted by Gasteiger charge is -2.10. The molecule has 9 heteroatoms. The molecule has 0 spiro atoms. The smallest absolute Gasteiger partial charge is 0.416 e. The minimum absolute atomic E-state index is 0.0216. The van der Waals surface area contributed by atoms with E-state index in [1.165, 1.54) is 19.1 Å². The zero-order valence-corrected chi connectivity index (χ0v) is 15.8. The van der Waals surface area contributed by atoms with Crippen LogP contribution in [0.25, 0.3) is 0 Å². The second-order valence-corrected chi connectivity index (χ2v) is 6.24. The summed E-state index contributed by atoms with van der Waals surface area (Å²) in [6.07, 6.45) is -4.70. The van der Waals surface area contributed by atoms with Crippen molar-refractivity contribution >= 4 is 23.2 Å². The molecule has 0 unspecified atom stereocenters. The second kappa shape index (κ2) is 9.72. The third-order valence-corrected chi connectivity index (χ3v) is 3.71. The van der Waals surface area contributed by atoms with Crippen molar-refractivity contribution in [3.05, 3.63) is 59.7 Å². The van der Waals surface area contributed by atoms with Gasteiger partial charge in [0.25, 0.3) is 5.91 Å². The Morgan fingerprint density at radius 2 is 1.79 bits per heavy atom. The molecule has 2 amide bonds. The molecule has 0 heterocycles. The van der Waals surface area contributed by atoms with Crippen molar-refractivity contribution in [1.82, 2.24) is 5.43 Å². The maximum absolute atomic E-state index is 12.7. The maximum Gasteiger partial charge on any atom is 0.416 e. The lowest BCUT2D eigenvalue weighted by Crippen LogP contribution is -2.26. The van der Waals surface area contributed by atoms with Crippen LogP contribution < -0.4 is 15.5 Å². The van der Waals surface area contributed by atoms with E-state index in [-0.39, 0.29) is 24.4 Å². The number of hydrogen-bond acceptors (Lipinski definition) is 4. The molecule has 0 fully saturated rings. The van der Waals surface area contributed by atoms with Crippen LogP contribution in [0.1, 0.15) is 24.5 Å². The van der Waals surface area contributed by atoms with E-state index in [9.17, 15) is 22.8 Å². The second-order valence-electron chi connectivity index (χ2n) is 6.24. The third-order valence-electron chi connectivity index (χ3n) is 3.71. The Hall–Kier alpha value is -3.36. The largest absolute Gasteiger partial charge is 0.483 e. The van der Waals surface area contributed by atoms with Crippen molar-refractivity contribution in [3.63, 3.8) is 0 Å². The molecule has 0 saturated carbocycles. The number of para-hydroxylation sites is 1. The normalized spacial score (nSPS) is 11.7. The van der Waals surface area contributed by atoms with Crippen LogP contribution in [-0.4, -0.2) is 24.1 Å². The van der Waals surface area contributed by atoms with E-state index in [1.807, 2.05) is 19.1 Å². The number of anilines is 1. The van der Waals surface area contributed by atoms with Gasteiger partial charge in [-0.05, 0) is 43.7 Å². The number of alkyl halides is 3. The number of halogens is 3. The summed E-state index contributed by atoms with van der Waals surface area (Å²) in [5, 5.41) is 6.16. The molecule has 29 heavy (non-hydrogen) atoms. The van der Waals surface area contributed by atoms with Crippen molar-refractivity contribution in [2.75, 3.05) is 11.9 Å². The van der Waals surface area contributed by atoms with Crippen molar-refractivity contribution < 1.29 is 27.5 Å². The van der Waals surface area contributed by atoms with Crippen LogP contribution in [0.15, 0.2) is 53.6 Å². The highest BCUT2D eigenvalue weighted by Crippen LogP contribution is 2.30. The summed E-state index contributed by atoms with van der Waals surface area (Å²) in [6.45, 7) is 3.10. The van der Waals surface area contributed by atoms with Gasteiger partial charge in [-0.2, -0.15) is 18.3 Å². The molecule has 0 aromatic heterocycles. The molecule has 154 valence electrons. The first kappa shape index (κ1) is 21.9. The maximum atomic E-state index is 12.7. The highest BCUT2D eigenvalue weighted by molar-refractivity contribution is 6.05. The molecule has 0 bridgehead atoms. The number of hydrogen-bond donors (Lipinski definition) is 2. The minimum atomic E-state index is -4.50. The molecule has 0 saturated heterocycles. The van der Waals surface area contributed by atoms with Gasteiger partial charge in [-0.15, -0.1) is 0 Å². The van der Waals surface area contributed by atoms with E-state index < -0.39 is 23.6 Å².